The molecule has 2 unspecified atom stereocenters. The number of hydrogen-bond donors (Lipinski definition) is 2. The maximum Gasteiger partial charge on any atom is 0.243 e. The third-order valence-corrected chi connectivity index (χ3v) is 4.74. The highest BCUT2D eigenvalue weighted by Gasteiger charge is 2.16. The lowest BCUT2D eigenvalue weighted by Crippen LogP contribution is -2.45. The average Bonchev–Trinajstić information content (AvgIpc) is 2.59. The summed E-state index contributed by atoms with van der Waals surface area (Å²) < 4.78 is 0. The van der Waals surface area contributed by atoms with E-state index in [0.717, 1.165) is 25.3 Å². The summed E-state index contributed by atoms with van der Waals surface area (Å²) in [5.74, 6) is 0.757. The molecule has 0 spiro atoms. The predicted octanol–water partition coefficient (Wildman–Crippen LogP) is 2.29. The summed E-state index contributed by atoms with van der Waals surface area (Å²) in [4.78, 5) is 20.3. The van der Waals surface area contributed by atoms with Crippen LogP contribution in [-0.2, 0) is 4.79 Å². The normalized spacial score (nSPS) is 18.0. The molecule has 7 heteroatoms. The number of likely N-dealkylation sites (tertiary alicyclic amines) is 1. The lowest BCUT2D eigenvalue weighted by molar-refractivity contribution is -0.127. The third kappa shape index (κ3) is 10.2. The Balaban J connectivity index is 0.00000576. The van der Waals surface area contributed by atoms with Crippen LogP contribution in [0.25, 0.3) is 0 Å². The summed E-state index contributed by atoms with van der Waals surface area (Å²) >= 11 is 0. The van der Waals surface area contributed by atoms with Gasteiger partial charge in [-0.15, -0.1) is 24.0 Å². The number of carbonyl (C=O) groups excluding carboxylic acids is 1. The van der Waals surface area contributed by atoms with Gasteiger partial charge in [-0.25, -0.2) is 4.99 Å². The Labute approximate surface area is 171 Å². The van der Waals surface area contributed by atoms with Crippen molar-refractivity contribution in [3.05, 3.63) is 0 Å². The molecule has 1 aliphatic rings. The Kier molecular flexibility index (Phi) is 13.3. The molecule has 1 aliphatic heterocycles. The molecule has 25 heavy (non-hydrogen) atoms. The van der Waals surface area contributed by atoms with Crippen LogP contribution in [0.5, 0.6) is 0 Å². The van der Waals surface area contributed by atoms with Crippen molar-refractivity contribution in [3.8, 4) is 0 Å². The van der Waals surface area contributed by atoms with E-state index in [1.165, 1.54) is 32.4 Å². The highest BCUT2D eigenvalue weighted by atomic mass is 127. The lowest BCUT2D eigenvalue weighted by Gasteiger charge is -2.32. The average molecular weight is 467 g/mol. The van der Waals surface area contributed by atoms with E-state index in [4.69, 9.17) is 0 Å². The predicted molar refractivity (Wildman–Crippen MR) is 117 cm³/mol. The van der Waals surface area contributed by atoms with Gasteiger partial charge in [-0.3, -0.25) is 4.79 Å². The van der Waals surface area contributed by atoms with Crippen LogP contribution in [0, 0.1) is 0 Å². The highest BCUT2D eigenvalue weighted by molar-refractivity contribution is 14.0. The van der Waals surface area contributed by atoms with Crippen LogP contribution in [0.1, 0.15) is 52.9 Å². The summed E-state index contributed by atoms with van der Waals surface area (Å²) in [5, 5.41) is 6.76. The molecule has 0 bridgehead atoms. The van der Waals surface area contributed by atoms with Crippen LogP contribution in [0.4, 0.5) is 0 Å². The highest BCUT2D eigenvalue weighted by Crippen LogP contribution is 2.13. The lowest BCUT2D eigenvalue weighted by atomic mass is 10.1. The molecule has 0 aromatic rings. The molecule has 1 saturated heterocycles. The number of nitrogens with one attached hydrogen (secondary N) is 2. The molecule has 148 valence electrons. The van der Waals surface area contributed by atoms with Crippen molar-refractivity contribution in [2.24, 2.45) is 4.99 Å². The second kappa shape index (κ2) is 13.6. The van der Waals surface area contributed by atoms with E-state index in [1.807, 2.05) is 0 Å². The van der Waals surface area contributed by atoms with Crippen LogP contribution < -0.4 is 10.6 Å². The van der Waals surface area contributed by atoms with Crippen molar-refractivity contribution in [1.82, 2.24) is 20.4 Å². The summed E-state index contributed by atoms with van der Waals surface area (Å²) in [6, 6.07) is 0.927. The van der Waals surface area contributed by atoms with E-state index in [9.17, 15) is 4.79 Å². The molecule has 1 heterocycles. The van der Waals surface area contributed by atoms with Crippen LogP contribution in [0.3, 0.4) is 0 Å². The molecule has 0 aliphatic carbocycles. The fraction of sp³-hybridized carbons (Fsp3) is 0.889. The first-order valence-corrected chi connectivity index (χ1v) is 9.43. The van der Waals surface area contributed by atoms with Crippen molar-refractivity contribution < 1.29 is 4.79 Å². The van der Waals surface area contributed by atoms with Gasteiger partial charge in [0.25, 0.3) is 0 Å². The van der Waals surface area contributed by atoms with Crippen molar-refractivity contribution in [1.29, 1.82) is 0 Å². The van der Waals surface area contributed by atoms with Gasteiger partial charge in [-0.1, -0.05) is 13.3 Å². The Bertz CT molecular complexity index is 397. The Morgan fingerprint density at radius 3 is 2.40 bits per heavy atom. The van der Waals surface area contributed by atoms with E-state index in [-0.39, 0.29) is 36.4 Å². The number of piperidine rings is 1. The van der Waals surface area contributed by atoms with Crippen LogP contribution in [-0.4, -0.2) is 74.0 Å². The minimum absolute atomic E-state index is 0. The van der Waals surface area contributed by atoms with Gasteiger partial charge in [-0.2, -0.15) is 0 Å². The summed E-state index contributed by atoms with van der Waals surface area (Å²) in [5.41, 5.74) is 0. The summed E-state index contributed by atoms with van der Waals surface area (Å²) in [6.45, 7) is 10.1. The fourth-order valence-electron chi connectivity index (χ4n) is 2.72. The molecule has 0 aromatic heterocycles. The molecular weight excluding hydrogens is 429 g/mol. The number of carbonyl (C=O) groups is 1. The monoisotopic (exact) mass is 467 g/mol. The molecule has 6 nitrogen and oxygen atoms in total. The zero-order chi connectivity index (χ0) is 17.9. The number of rotatable bonds is 8. The second-order valence-corrected chi connectivity index (χ2v) is 7.07. The first-order valence-electron chi connectivity index (χ1n) is 9.43. The van der Waals surface area contributed by atoms with Crippen LogP contribution in [0.2, 0.25) is 0 Å². The van der Waals surface area contributed by atoms with Gasteiger partial charge in [0.15, 0.2) is 5.96 Å². The number of halogens is 1. The first-order chi connectivity index (χ1) is 11.4. The molecule has 2 N–H and O–H groups in total. The van der Waals surface area contributed by atoms with Gasteiger partial charge in [0, 0.05) is 32.7 Å². The number of hydrogen-bond acceptors (Lipinski definition) is 3. The number of aliphatic imine (C=N–C) groups is 1. The summed E-state index contributed by atoms with van der Waals surface area (Å²) in [6.07, 6.45) is 6.13. The van der Waals surface area contributed by atoms with E-state index in [2.05, 4.69) is 41.3 Å². The van der Waals surface area contributed by atoms with Gasteiger partial charge in [0.2, 0.25) is 5.91 Å². The minimum atomic E-state index is 0. The Morgan fingerprint density at radius 2 is 1.84 bits per heavy atom. The molecular formula is C18H38IN5O. The standard InChI is InChI=1S/C18H37N5O.HI/c1-6-15(2)21-18(20-14-17(24)22(4)5)19-11-10-16(3)23-12-8-7-9-13-23;/h15-16H,6-14H2,1-5H3,(H2,19,20,21);1H. The maximum absolute atomic E-state index is 11.7. The molecule has 1 amide bonds. The SMILES string of the molecule is CCC(C)NC(=NCC(=O)N(C)C)NCCC(C)N1CCCCC1.I. The fourth-order valence-corrected chi connectivity index (χ4v) is 2.72. The molecule has 2 atom stereocenters. The topological polar surface area (TPSA) is 60.0 Å². The van der Waals surface area contributed by atoms with Gasteiger partial charge >= 0.3 is 0 Å². The molecule has 1 rings (SSSR count). The van der Waals surface area contributed by atoms with Crippen LogP contribution >= 0.6 is 24.0 Å². The second-order valence-electron chi connectivity index (χ2n) is 7.07. The smallest absolute Gasteiger partial charge is 0.243 e. The number of amides is 1. The third-order valence-electron chi connectivity index (χ3n) is 4.74. The Morgan fingerprint density at radius 1 is 1.20 bits per heavy atom. The summed E-state index contributed by atoms with van der Waals surface area (Å²) in [7, 11) is 3.51. The van der Waals surface area contributed by atoms with Crippen molar-refractivity contribution >= 4 is 35.8 Å². The van der Waals surface area contributed by atoms with Gasteiger partial charge in [0.05, 0.1) is 0 Å². The molecule has 0 aromatic carbocycles. The van der Waals surface area contributed by atoms with Crippen molar-refractivity contribution in [2.75, 3.05) is 40.3 Å². The zero-order valence-corrected chi connectivity index (χ0v) is 19.0. The first kappa shape index (κ1) is 24.4. The maximum atomic E-state index is 11.7. The van der Waals surface area contributed by atoms with Gasteiger partial charge in [-0.05, 0) is 52.6 Å². The Hall–Kier alpha value is -0.570. The van der Waals surface area contributed by atoms with Gasteiger partial charge < -0.3 is 20.4 Å². The van der Waals surface area contributed by atoms with Gasteiger partial charge in [0.1, 0.15) is 6.54 Å². The zero-order valence-electron chi connectivity index (χ0n) is 16.7. The van der Waals surface area contributed by atoms with Crippen molar-refractivity contribution in [2.45, 2.75) is 65.0 Å². The van der Waals surface area contributed by atoms with E-state index < -0.39 is 0 Å². The minimum Gasteiger partial charge on any atom is -0.356 e. The quantitative estimate of drug-likeness (QED) is 0.327. The van der Waals surface area contributed by atoms with Crippen molar-refractivity contribution in [3.63, 3.8) is 0 Å². The largest absolute Gasteiger partial charge is 0.356 e. The molecule has 1 fully saturated rings. The number of nitrogens with zero attached hydrogens (tertiary/aromatic N) is 3. The van der Waals surface area contributed by atoms with E-state index in [0.29, 0.717) is 12.1 Å². The molecule has 0 radical (unpaired) electrons. The van der Waals surface area contributed by atoms with E-state index >= 15 is 0 Å². The van der Waals surface area contributed by atoms with E-state index in [1.54, 1.807) is 19.0 Å². The number of likely N-dealkylation sites (N-methyl/N-ethyl adjacent to an activating group) is 1. The number of guanidine groups is 1. The van der Waals surface area contributed by atoms with Crippen LogP contribution in [0.15, 0.2) is 4.99 Å². The molecule has 0 saturated carbocycles.